The highest BCUT2D eigenvalue weighted by Crippen LogP contribution is 2.09. The van der Waals surface area contributed by atoms with Crippen molar-refractivity contribution in [2.75, 3.05) is 14.1 Å². The second-order valence-corrected chi connectivity index (χ2v) is 3.54. The molecule has 0 unspecified atom stereocenters. The Hall–Kier alpha value is -0.720. The van der Waals surface area contributed by atoms with Gasteiger partial charge in [0.2, 0.25) is 0 Å². The fourth-order valence-electron chi connectivity index (χ4n) is 0.847. The molecule has 0 atom stereocenters. The van der Waals surface area contributed by atoms with Crippen molar-refractivity contribution < 1.29 is 0 Å². The van der Waals surface area contributed by atoms with Crippen molar-refractivity contribution in [3.05, 3.63) is 24.4 Å². The molecular weight excluding hydrogens is 134 g/mol. The van der Waals surface area contributed by atoms with E-state index in [0.717, 1.165) is 6.42 Å². The summed E-state index contributed by atoms with van der Waals surface area (Å²) < 4.78 is 0. The highest BCUT2D eigenvalue weighted by molar-refractivity contribution is 5.13. The molecule has 1 nitrogen and oxygen atoms in total. The second-order valence-electron chi connectivity index (χ2n) is 3.54. The molecule has 0 radical (unpaired) electrons. The van der Waals surface area contributed by atoms with Gasteiger partial charge >= 0.3 is 0 Å². The Balaban J connectivity index is 3.69. The van der Waals surface area contributed by atoms with E-state index < -0.39 is 0 Å². The van der Waals surface area contributed by atoms with Gasteiger partial charge < -0.3 is 4.90 Å². The molecule has 1 heteroatoms. The van der Waals surface area contributed by atoms with Gasteiger partial charge in [-0.25, -0.2) is 0 Å². The van der Waals surface area contributed by atoms with E-state index in [2.05, 4.69) is 26.5 Å². The lowest BCUT2D eigenvalue weighted by Crippen LogP contribution is -2.00. The Labute approximate surface area is 70.4 Å². The zero-order chi connectivity index (χ0) is 8.85. The first kappa shape index (κ1) is 10.3. The number of allylic oxidation sites excluding steroid dienone is 2. The van der Waals surface area contributed by atoms with Crippen molar-refractivity contribution in [2.45, 2.75) is 20.3 Å². The van der Waals surface area contributed by atoms with Crippen LogP contribution in [0.1, 0.15) is 20.3 Å². The van der Waals surface area contributed by atoms with Crippen LogP contribution in [0.2, 0.25) is 0 Å². The Morgan fingerprint density at radius 2 is 2.00 bits per heavy atom. The lowest BCUT2D eigenvalue weighted by atomic mass is 10.0. The quantitative estimate of drug-likeness (QED) is 0.561. The number of rotatable bonds is 4. The molecule has 0 aromatic rings. The molecule has 0 fully saturated rings. The van der Waals surface area contributed by atoms with Crippen LogP contribution in [0, 0.1) is 5.92 Å². The fraction of sp³-hybridized carbons (Fsp3) is 0.600. The van der Waals surface area contributed by atoms with Crippen molar-refractivity contribution in [3.8, 4) is 0 Å². The van der Waals surface area contributed by atoms with Crippen molar-refractivity contribution in [1.82, 2.24) is 4.90 Å². The van der Waals surface area contributed by atoms with E-state index in [0.29, 0.717) is 5.92 Å². The summed E-state index contributed by atoms with van der Waals surface area (Å²) in [5.74, 6) is 0.703. The molecule has 0 aromatic heterocycles. The smallest absolute Gasteiger partial charge is 0.00556 e. The average Bonchev–Trinajstić information content (AvgIpc) is 1.82. The molecule has 0 aliphatic heterocycles. The Morgan fingerprint density at radius 1 is 1.45 bits per heavy atom. The summed E-state index contributed by atoms with van der Waals surface area (Å²) in [7, 11) is 4.03. The van der Waals surface area contributed by atoms with E-state index in [1.54, 1.807) is 0 Å². The summed E-state index contributed by atoms with van der Waals surface area (Å²) in [5.41, 5.74) is 1.20. The first-order chi connectivity index (χ1) is 5.02. The third-order valence-electron chi connectivity index (χ3n) is 1.28. The van der Waals surface area contributed by atoms with Crippen molar-refractivity contribution in [3.63, 3.8) is 0 Å². The molecule has 0 bridgehead atoms. The molecule has 0 rings (SSSR count). The minimum Gasteiger partial charge on any atom is -0.383 e. The van der Waals surface area contributed by atoms with Crippen molar-refractivity contribution >= 4 is 0 Å². The van der Waals surface area contributed by atoms with Gasteiger partial charge in [0, 0.05) is 14.1 Å². The van der Waals surface area contributed by atoms with Crippen LogP contribution in [0.3, 0.4) is 0 Å². The maximum Gasteiger partial charge on any atom is 0.00556 e. The second kappa shape index (κ2) is 5.00. The predicted octanol–water partition coefficient (Wildman–Crippen LogP) is 2.66. The van der Waals surface area contributed by atoms with Crippen LogP contribution in [0.15, 0.2) is 24.4 Å². The Kier molecular flexibility index (Phi) is 4.67. The summed E-state index contributed by atoms with van der Waals surface area (Å²) in [5, 5.41) is 0. The van der Waals surface area contributed by atoms with E-state index in [1.807, 2.05) is 25.2 Å². The van der Waals surface area contributed by atoms with Crippen LogP contribution in [0.5, 0.6) is 0 Å². The molecule has 0 aromatic carbocycles. The van der Waals surface area contributed by atoms with Crippen LogP contribution in [0.25, 0.3) is 0 Å². The van der Waals surface area contributed by atoms with E-state index in [9.17, 15) is 0 Å². The topological polar surface area (TPSA) is 3.24 Å². The van der Waals surface area contributed by atoms with Gasteiger partial charge in [-0.2, -0.15) is 0 Å². The molecular formula is C10H19N. The standard InChI is InChI=1S/C10H19N/c1-9(2)8-10(3)6-7-11(4)5/h6-7,9H,3,8H2,1-2,4-5H3/b7-6-. The van der Waals surface area contributed by atoms with Crippen LogP contribution in [-0.4, -0.2) is 19.0 Å². The van der Waals surface area contributed by atoms with Gasteiger partial charge in [-0.3, -0.25) is 0 Å². The van der Waals surface area contributed by atoms with Crippen LogP contribution in [0.4, 0.5) is 0 Å². The van der Waals surface area contributed by atoms with Crippen LogP contribution in [-0.2, 0) is 0 Å². The normalized spacial score (nSPS) is 11.0. The molecule has 0 saturated carbocycles. The molecule has 0 spiro atoms. The van der Waals surface area contributed by atoms with Crippen molar-refractivity contribution in [1.29, 1.82) is 0 Å². The van der Waals surface area contributed by atoms with E-state index >= 15 is 0 Å². The SMILES string of the molecule is C=C(/C=C\N(C)C)CC(C)C. The fourth-order valence-corrected chi connectivity index (χ4v) is 0.847. The largest absolute Gasteiger partial charge is 0.383 e. The number of hydrogen-bond acceptors (Lipinski definition) is 1. The summed E-state index contributed by atoms with van der Waals surface area (Å²) in [6.45, 7) is 8.36. The highest BCUT2D eigenvalue weighted by atomic mass is 15.0. The minimum absolute atomic E-state index is 0.703. The first-order valence-electron chi connectivity index (χ1n) is 4.04. The zero-order valence-corrected chi connectivity index (χ0v) is 8.09. The maximum absolute atomic E-state index is 3.95. The van der Waals surface area contributed by atoms with Gasteiger partial charge in [0.15, 0.2) is 0 Å². The van der Waals surface area contributed by atoms with E-state index in [4.69, 9.17) is 0 Å². The van der Waals surface area contributed by atoms with Crippen LogP contribution < -0.4 is 0 Å². The lowest BCUT2D eigenvalue weighted by molar-refractivity contribution is 0.561. The lowest BCUT2D eigenvalue weighted by Gasteiger charge is -2.06. The number of nitrogens with zero attached hydrogens (tertiary/aromatic N) is 1. The minimum atomic E-state index is 0.703. The van der Waals surface area contributed by atoms with Gasteiger partial charge in [-0.05, 0) is 24.6 Å². The average molecular weight is 153 g/mol. The van der Waals surface area contributed by atoms with E-state index in [-0.39, 0.29) is 0 Å². The Morgan fingerprint density at radius 3 is 2.36 bits per heavy atom. The highest BCUT2D eigenvalue weighted by Gasteiger charge is 1.93. The molecule has 0 saturated heterocycles. The van der Waals surface area contributed by atoms with Gasteiger partial charge in [0.25, 0.3) is 0 Å². The van der Waals surface area contributed by atoms with Gasteiger partial charge in [0.05, 0.1) is 0 Å². The maximum atomic E-state index is 3.95. The third-order valence-corrected chi connectivity index (χ3v) is 1.28. The zero-order valence-electron chi connectivity index (χ0n) is 8.09. The molecule has 0 amide bonds. The number of hydrogen-bond donors (Lipinski definition) is 0. The molecule has 11 heavy (non-hydrogen) atoms. The van der Waals surface area contributed by atoms with Gasteiger partial charge in [-0.15, -0.1) is 0 Å². The summed E-state index contributed by atoms with van der Waals surface area (Å²) in [4.78, 5) is 2.02. The molecule has 0 aliphatic carbocycles. The molecule has 0 aliphatic rings. The van der Waals surface area contributed by atoms with Gasteiger partial charge in [0.1, 0.15) is 0 Å². The van der Waals surface area contributed by atoms with Gasteiger partial charge in [-0.1, -0.05) is 26.0 Å². The summed E-state index contributed by atoms with van der Waals surface area (Å²) in [6, 6.07) is 0. The third kappa shape index (κ3) is 7.17. The monoisotopic (exact) mass is 153 g/mol. The summed E-state index contributed by atoms with van der Waals surface area (Å²) in [6.07, 6.45) is 5.19. The summed E-state index contributed by atoms with van der Waals surface area (Å²) >= 11 is 0. The molecule has 0 N–H and O–H groups in total. The molecule has 0 heterocycles. The molecule has 64 valence electrons. The van der Waals surface area contributed by atoms with E-state index in [1.165, 1.54) is 5.57 Å². The Bertz CT molecular complexity index is 143. The predicted molar refractivity (Wildman–Crippen MR) is 51.4 cm³/mol. The van der Waals surface area contributed by atoms with Crippen LogP contribution >= 0.6 is 0 Å². The van der Waals surface area contributed by atoms with Crippen molar-refractivity contribution in [2.24, 2.45) is 5.92 Å². The first-order valence-corrected chi connectivity index (χ1v) is 4.04.